The van der Waals surface area contributed by atoms with Crippen molar-refractivity contribution < 1.29 is 0 Å². The van der Waals surface area contributed by atoms with Crippen molar-refractivity contribution in [1.82, 2.24) is 4.57 Å². The lowest BCUT2D eigenvalue weighted by Crippen LogP contribution is -2.22. The van der Waals surface area contributed by atoms with E-state index in [1.54, 1.807) is 34.9 Å². The van der Waals surface area contributed by atoms with Gasteiger partial charge < -0.3 is 5.73 Å². The van der Waals surface area contributed by atoms with Crippen LogP contribution in [-0.4, -0.2) is 4.57 Å². The number of rotatable bonds is 1. The van der Waals surface area contributed by atoms with Gasteiger partial charge in [-0.25, -0.2) is 0 Å². The second kappa shape index (κ2) is 4.02. The van der Waals surface area contributed by atoms with E-state index >= 15 is 0 Å². The second-order valence-corrected chi connectivity index (χ2v) is 3.98. The third kappa shape index (κ3) is 1.82. The molecular weight excluding hydrogens is 224 g/mol. The van der Waals surface area contributed by atoms with Gasteiger partial charge in [0.15, 0.2) is 0 Å². The number of benzene rings is 1. The highest BCUT2D eigenvalue weighted by molar-refractivity contribution is 6.30. The number of nitrogen functional groups attached to an aromatic ring is 1. The highest BCUT2D eigenvalue weighted by atomic mass is 35.5. The maximum atomic E-state index is 11.9. The summed E-state index contributed by atoms with van der Waals surface area (Å²) in [6, 6.07) is 10.5. The van der Waals surface area contributed by atoms with Crippen LogP contribution < -0.4 is 11.3 Å². The zero-order valence-electron chi connectivity index (χ0n) is 8.77. The van der Waals surface area contributed by atoms with Crippen LogP contribution in [0.4, 0.5) is 5.69 Å². The first kappa shape index (κ1) is 10.8. The fraction of sp³-hybridized carbons (Fsp3) is 0.0833. The molecule has 0 spiro atoms. The molecule has 0 aliphatic heterocycles. The Balaban J connectivity index is 2.69. The molecule has 0 amide bonds. The molecule has 82 valence electrons. The third-order valence-electron chi connectivity index (χ3n) is 2.39. The maximum Gasteiger partial charge on any atom is 0.278 e. The van der Waals surface area contributed by atoms with Gasteiger partial charge in [0.2, 0.25) is 0 Å². The molecule has 0 unspecified atom stereocenters. The van der Waals surface area contributed by atoms with Gasteiger partial charge in [-0.2, -0.15) is 0 Å². The van der Waals surface area contributed by atoms with Crippen molar-refractivity contribution in [3.63, 3.8) is 0 Å². The Labute approximate surface area is 98.1 Å². The molecule has 1 heterocycles. The summed E-state index contributed by atoms with van der Waals surface area (Å²) in [5, 5.41) is 0.637. The van der Waals surface area contributed by atoms with Crippen molar-refractivity contribution in [1.29, 1.82) is 0 Å². The predicted molar refractivity (Wildman–Crippen MR) is 66.2 cm³/mol. The van der Waals surface area contributed by atoms with Crippen LogP contribution >= 0.6 is 11.6 Å². The fourth-order valence-corrected chi connectivity index (χ4v) is 1.68. The molecule has 2 N–H and O–H groups in total. The number of hydrogen-bond donors (Lipinski definition) is 1. The Hall–Kier alpha value is -1.74. The minimum atomic E-state index is -0.206. The van der Waals surface area contributed by atoms with Crippen LogP contribution in [0, 0.1) is 6.92 Å². The minimum Gasteiger partial charge on any atom is -0.394 e. The van der Waals surface area contributed by atoms with Crippen molar-refractivity contribution in [2.75, 3.05) is 5.73 Å². The Morgan fingerprint density at radius 2 is 1.75 bits per heavy atom. The first-order valence-corrected chi connectivity index (χ1v) is 5.21. The summed E-state index contributed by atoms with van der Waals surface area (Å²) in [6.45, 7) is 1.86. The molecule has 16 heavy (non-hydrogen) atoms. The summed E-state index contributed by atoms with van der Waals surface area (Å²) < 4.78 is 1.56. The topological polar surface area (TPSA) is 48.0 Å². The molecule has 2 aromatic rings. The lowest BCUT2D eigenvalue weighted by Gasteiger charge is -2.10. The van der Waals surface area contributed by atoms with Crippen molar-refractivity contribution in [3.05, 3.63) is 57.5 Å². The molecule has 0 saturated carbocycles. The predicted octanol–water partition coefficient (Wildman–Crippen LogP) is 2.38. The maximum absolute atomic E-state index is 11.9. The zero-order chi connectivity index (χ0) is 11.7. The largest absolute Gasteiger partial charge is 0.394 e. The van der Waals surface area contributed by atoms with Gasteiger partial charge >= 0.3 is 0 Å². The summed E-state index contributed by atoms with van der Waals surface area (Å²) >= 11 is 5.80. The summed E-state index contributed by atoms with van der Waals surface area (Å²) in [4.78, 5) is 11.9. The molecule has 0 fully saturated rings. The molecule has 4 heteroatoms. The second-order valence-electron chi connectivity index (χ2n) is 3.55. The summed E-state index contributed by atoms with van der Waals surface area (Å²) in [6.07, 6.45) is 0. The standard InChI is InChI=1S/C12H11ClN2O/c1-8-2-7-11(14)12(16)15(8)10-5-3-9(13)4-6-10/h2-7H,14H2,1H3. The molecule has 0 saturated heterocycles. The number of nitrogens with zero attached hydrogens (tertiary/aromatic N) is 1. The average Bonchev–Trinajstić information content (AvgIpc) is 2.27. The van der Waals surface area contributed by atoms with Crippen molar-refractivity contribution >= 4 is 17.3 Å². The summed E-state index contributed by atoms with van der Waals surface area (Å²) in [7, 11) is 0. The highest BCUT2D eigenvalue weighted by Gasteiger charge is 2.05. The van der Waals surface area contributed by atoms with Crippen molar-refractivity contribution in [3.8, 4) is 5.69 Å². The Kier molecular flexibility index (Phi) is 2.71. The summed E-state index contributed by atoms with van der Waals surface area (Å²) in [5.74, 6) is 0. The monoisotopic (exact) mass is 234 g/mol. The van der Waals surface area contributed by atoms with E-state index in [1.165, 1.54) is 0 Å². The van der Waals surface area contributed by atoms with Gasteiger partial charge in [-0.3, -0.25) is 9.36 Å². The molecular formula is C12H11ClN2O. The fourth-order valence-electron chi connectivity index (χ4n) is 1.56. The van der Waals surface area contributed by atoms with E-state index in [0.717, 1.165) is 11.4 Å². The lowest BCUT2D eigenvalue weighted by atomic mass is 10.2. The number of halogens is 1. The molecule has 3 nitrogen and oxygen atoms in total. The van der Waals surface area contributed by atoms with E-state index in [9.17, 15) is 4.79 Å². The van der Waals surface area contributed by atoms with Gasteiger partial charge in [0, 0.05) is 16.4 Å². The quantitative estimate of drug-likeness (QED) is 0.824. The van der Waals surface area contributed by atoms with Gasteiger partial charge in [-0.15, -0.1) is 0 Å². The molecule has 0 atom stereocenters. The van der Waals surface area contributed by atoms with E-state index in [2.05, 4.69) is 0 Å². The number of hydrogen-bond acceptors (Lipinski definition) is 2. The Morgan fingerprint density at radius 3 is 2.38 bits per heavy atom. The minimum absolute atomic E-state index is 0.206. The molecule has 1 aromatic heterocycles. The van der Waals surface area contributed by atoms with E-state index in [0.29, 0.717) is 5.02 Å². The smallest absolute Gasteiger partial charge is 0.278 e. The van der Waals surface area contributed by atoms with E-state index in [4.69, 9.17) is 17.3 Å². The normalized spacial score (nSPS) is 10.4. The number of anilines is 1. The Morgan fingerprint density at radius 1 is 1.12 bits per heavy atom. The molecule has 2 rings (SSSR count). The van der Waals surface area contributed by atoms with E-state index in [-0.39, 0.29) is 11.2 Å². The van der Waals surface area contributed by atoms with Crippen LogP contribution in [0.2, 0.25) is 5.02 Å². The Bertz CT molecular complexity index is 573. The SMILES string of the molecule is Cc1ccc(N)c(=O)n1-c1ccc(Cl)cc1. The number of pyridine rings is 1. The molecule has 1 aromatic carbocycles. The first-order chi connectivity index (χ1) is 7.59. The zero-order valence-corrected chi connectivity index (χ0v) is 9.53. The van der Waals surface area contributed by atoms with Crippen LogP contribution in [0.15, 0.2) is 41.2 Å². The average molecular weight is 235 g/mol. The molecule has 0 bridgehead atoms. The van der Waals surface area contributed by atoms with E-state index in [1.807, 2.05) is 13.0 Å². The van der Waals surface area contributed by atoms with E-state index < -0.39 is 0 Å². The van der Waals surface area contributed by atoms with Gasteiger partial charge in [0.1, 0.15) is 0 Å². The first-order valence-electron chi connectivity index (χ1n) is 4.83. The van der Waals surface area contributed by atoms with Crippen LogP contribution in [0.5, 0.6) is 0 Å². The van der Waals surface area contributed by atoms with Crippen LogP contribution in [0.25, 0.3) is 5.69 Å². The third-order valence-corrected chi connectivity index (χ3v) is 2.64. The molecule has 0 aliphatic carbocycles. The van der Waals surface area contributed by atoms with Gasteiger partial charge in [0.25, 0.3) is 5.56 Å². The van der Waals surface area contributed by atoms with Crippen LogP contribution in [-0.2, 0) is 0 Å². The van der Waals surface area contributed by atoms with Gasteiger partial charge in [-0.1, -0.05) is 11.6 Å². The van der Waals surface area contributed by atoms with Crippen molar-refractivity contribution in [2.45, 2.75) is 6.92 Å². The molecule has 0 aliphatic rings. The highest BCUT2D eigenvalue weighted by Crippen LogP contribution is 2.14. The van der Waals surface area contributed by atoms with Gasteiger partial charge in [0.05, 0.1) is 5.69 Å². The number of aromatic nitrogens is 1. The number of nitrogens with two attached hydrogens (primary N) is 1. The summed E-state index contributed by atoms with van der Waals surface area (Å²) in [5.41, 5.74) is 7.23. The molecule has 0 radical (unpaired) electrons. The van der Waals surface area contributed by atoms with Crippen molar-refractivity contribution in [2.24, 2.45) is 0 Å². The van der Waals surface area contributed by atoms with Gasteiger partial charge in [-0.05, 0) is 43.3 Å². The van der Waals surface area contributed by atoms with Crippen LogP contribution in [0.1, 0.15) is 5.69 Å². The lowest BCUT2D eigenvalue weighted by molar-refractivity contribution is 0.939. The number of aryl methyl sites for hydroxylation is 1. The van der Waals surface area contributed by atoms with Crippen LogP contribution in [0.3, 0.4) is 0 Å².